The predicted molar refractivity (Wildman–Crippen MR) is 139 cm³/mol. The van der Waals surface area contributed by atoms with Crippen molar-refractivity contribution in [2.75, 3.05) is 41.5 Å². The Labute approximate surface area is 207 Å². The number of nitrogens with zero attached hydrogens (tertiary/aromatic N) is 4. The lowest BCUT2D eigenvalue weighted by Crippen LogP contribution is -2.39. The van der Waals surface area contributed by atoms with Crippen molar-refractivity contribution >= 4 is 34.9 Å². The molecular weight excluding hydrogens is 448 g/mol. The molecular formula is C25H34N6O2S. The van der Waals surface area contributed by atoms with Crippen molar-refractivity contribution in [3.05, 3.63) is 29.8 Å². The van der Waals surface area contributed by atoms with E-state index in [4.69, 9.17) is 31.7 Å². The van der Waals surface area contributed by atoms with Crippen molar-refractivity contribution in [3.63, 3.8) is 0 Å². The van der Waals surface area contributed by atoms with Crippen molar-refractivity contribution in [1.29, 1.82) is 0 Å². The second-order valence-electron chi connectivity index (χ2n) is 9.61. The molecule has 182 valence electrons. The number of nitrogens with one attached hydrogen (secondary N) is 2. The molecule has 9 heteroatoms. The average Bonchev–Trinajstić information content (AvgIpc) is 3.31. The molecule has 3 aliphatic rings. The molecule has 34 heavy (non-hydrogen) atoms. The molecule has 8 nitrogen and oxygen atoms in total. The monoisotopic (exact) mass is 482 g/mol. The number of piperidine rings is 2. The quantitative estimate of drug-likeness (QED) is 0.607. The van der Waals surface area contributed by atoms with E-state index in [9.17, 15) is 0 Å². The normalized spacial score (nSPS) is 20.4. The van der Waals surface area contributed by atoms with Gasteiger partial charge in [0.1, 0.15) is 11.6 Å². The smallest absolute Gasteiger partial charge is 0.232 e. The molecule has 0 amide bonds. The highest BCUT2D eigenvalue weighted by molar-refractivity contribution is 7.80. The van der Waals surface area contributed by atoms with Crippen LogP contribution in [0.15, 0.2) is 24.3 Å². The molecule has 0 saturated carbocycles. The fourth-order valence-electron chi connectivity index (χ4n) is 4.84. The number of hydrogen-bond acceptors (Lipinski definition) is 7. The molecule has 2 aromatic rings. The van der Waals surface area contributed by atoms with Crippen molar-refractivity contribution in [1.82, 2.24) is 15.3 Å². The largest absolute Gasteiger partial charge is 0.454 e. The van der Waals surface area contributed by atoms with E-state index in [2.05, 4.69) is 40.3 Å². The van der Waals surface area contributed by atoms with Gasteiger partial charge in [0, 0.05) is 38.3 Å². The highest BCUT2D eigenvalue weighted by atomic mass is 32.1. The van der Waals surface area contributed by atoms with Crippen molar-refractivity contribution in [2.45, 2.75) is 58.5 Å². The summed E-state index contributed by atoms with van der Waals surface area (Å²) in [6.45, 7) is 8.54. The summed E-state index contributed by atoms with van der Waals surface area (Å²) in [7, 11) is 0. The summed E-state index contributed by atoms with van der Waals surface area (Å²) in [5.41, 5.74) is 1.06. The maximum Gasteiger partial charge on any atom is 0.232 e. The summed E-state index contributed by atoms with van der Waals surface area (Å²) in [6.07, 6.45) is 6.05. The second-order valence-corrected chi connectivity index (χ2v) is 10.0. The zero-order valence-electron chi connectivity index (χ0n) is 20.0. The van der Waals surface area contributed by atoms with Gasteiger partial charge in [-0.15, -0.1) is 0 Å². The zero-order chi connectivity index (χ0) is 23.5. The molecule has 2 N–H and O–H groups in total. The van der Waals surface area contributed by atoms with Crippen LogP contribution in [-0.4, -0.2) is 47.5 Å². The molecule has 0 bridgehead atoms. The van der Waals surface area contributed by atoms with Gasteiger partial charge in [0.05, 0.1) is 0 Å². The van der Waals surface area contributed by atoms with Gasteiger partial charge in [-0.3, -0.25) is 0 Å². The molecule has 5 rings (SSSR count). The molecule has 2 saturated heterocycles. The maximum atomic E-state index is 5.59. The third-order valence-corrected chi connectivity index (χ3v) is 7.27. The van der Waals surface area contributed by atoms with Crippen LogP contribution in [0.1, 0.15) is 51.5 Å². The first-order valence-electron chi connectivity index (χ1n) is 12.4. The minimum absolute atomic E-state index is 0.272. The molecule has 4 heterocycles. The number of anilines is 3. The highest BCUT2D eigenvalue weighted by Crippen LogP contribution is 2.32. The van der Waals surface area contributed by atoms with Crippen LogP contribution in [0, 0.1) is 5.92 Å². The Balaban J connectivity index is 1.30. The molecule has 1 atom stereocenters. The lowest BCUT2D eigenvalue weighted by Gasteiger charge is -2.36. The van der Waals surface area contributed by atoms with Crippen LogP contribution < -0.4 is 29.9 Å². The number of fused-ring (bicyclic) bond motifs is 1. The van der Waals surface area contributed by atoms with Gasteiger partial charge < -0.3 is 29.9 Å². The Morgan fingerprint density at radius 2 is 1.79 bits per heavy atom. The fourth-order valence-corrected chi connectivity index (χ4v) is 5.01. The van der Waals surface area contributed by atoms with Gasteiger partial charge in [-0.05, 0) is 74.9 Å². The molecule has 0 radical (unpaired) electrons. The molecule has 3 aliphatic heterocycles. The van der Waals surface area contributed by atoms with E-state index in [0.717, 1.165) is 54.3 Å². The van der Waals surface area contributed by atoms with Gasteiger partial charge in [-0.2, -0.15) is 9.97 Å². The number of hydrogen-bond donors (Lipinski definition) is 2. The Hall–Kier alpha value is -2.81. The summed E-state index contributed by atoms with van der Waals surface area (Å²) in [5.74, 6) is 4.83. The van der Waals surface area contributed by atoms with E-state index in [1.54, 1.807) is 0 Å². The highest BCUT2D eigenvalue weighted by Gasteiger charge is 2.24. The summed E-state index contributed by atoms with van der Waals surface area (Å²) >= 11 is 5.59. The Morgan fingerprint density at radius 1 is 1.00 bits per heavy atom. The summed E-state index contributed by atoms with van der Waals surface area (Å²) < 4.78 is 10.9. The molecule has 0 spiro atoms. The standard InChI is InChI=1S/C25H34N6O2S/c1-17-8-11-30(12-9-17)22-14-23(31-10-4-3-5-18(31)2)28-24(27-22)29-25(34)26-15-19-6-7-20-21(13-19)33-16-32-20/h6-7,13-14,17-18H,3-5,8-12,15-16H2,1-2H3,(H2,26,27,28,29,34)/t18-/m0/s1. The molecule has 2 fully saturated rings. The Morgan fingerprint density at radius 3 is 2.62 bits per heavy atom. The Bertz CT molecular complexity index is 1030. The first kappa shape index (κ1) is 23.0. The molecule has 0 aliphatic carbocycles. The predicted octanol–water partition coefficient (Wildman–Crippen LogP) is 4.31. The van der Waals surface area contributed by atoms with Gasteiger partial charge in [-0.1, -0.05) is 13.0 Å². The summed E-state index contributed by atoms with van der Waals surface area (Å²) in [6, 6.07) is 8.54. The zero-order valence-corrected chi connectivity index (χ0v) is 20.9. The van der Waals surface area contributed by atoms with Crippen LogP contribution in [0.5, 0.6) is 11.5 Å². The Kier molecular flexibility index (Phi) is 6.89. The third kappa shape index (κ3) is 5.29. The van der Waals surface area contributed by atoms with Gasteiger partial charge in [-0.25, -0.2) is 0 Å². The molecule has 0 unspecified atom stereocenters. The van der Waals surface area contributed by atoms with Crippen molar-refractivity contribution in [2.24, 2.45) is 5.92 Å². The third-order valence-electron chi connectivity index (χ3n) is 7.02. The van der Waals surface area contributed by atoms with E-state index >= 15 is 0 Å². The topological polar surface area (TPSA) is 74.8 Å². The summed E-state index contributed by atoms with van der Waals surface area (Å²) in [4.78, 5) is 14.5. The van der Waals surface area contributed by atoms with E-state index in [1.165, 1.54) is 32.1 Å². The number of thiocarbonyl (C=S) groups is 1. The number of rotatable bonds is 5. The van der Waals surface area contributed by atoms with E-state index in [1.807, 2.05) is 18.2 Å². The van der Waals surface area contributed by atoms with Gasteiger partial charge in [0.25, 0.3) is 0 Å². The van der Waals surface area contributed by atoms with Crippen molar-refractivity contribution in [3.8, 4) is 11.5 Å². The molecule has 1 aromatic carbocycles. The lowest BCUT2D eigenvalue weighted by atomic mass is 9.99. The van der Waals surface area contributed by atoms with Crippen LogP contribution in [0.4, 0.5) is 17.6 Å². The van der Waals surface area contributed by atoms with Crippen LogP contribution in [-0.2, 0) is 6.54 Å². The minimum atomic E-state index is 0.272. The lowest BCUT2D eigenvalue weighted by molar-refractivity contribution is 0.174. The minimum Gasteiger partial charge on any atom is -0.454 e. The van der Waals surface area contributed by atoms with E-state index in [0.29, 0.717) is 23.6 Å². The van der Waals surface area contributed by atoms with Crippen LogP contribution in [0.25, 0.3) is 0 Å². The number of benzene rings is 1. The van der Waals surface area contributed by atoms with E-state index in [-0.39, 0.29) is 6.79 Å². The first-order valence-corrected chi connectivity index (χ1v) is 12.8. The fraction of sp³-hybridized carbons (Fsp3) is 0.560. The molecule has 1 aromatic heterocycles. The van der Waals surface area contributed by atoms with Gasteiger partial charge >= 0.3 is 0 Å². The first-order chi connectivity index (χ1) is 16.5. The second kappa shape index (κ2) is 10.2. The van der Waals surface area contributed by atoms with Gasteiger partial charge in [0.2, 0.25) is 12.7 Å². The maximum absolute atomic E-state index is 5.59. The number of aromatic nitrogens is 2. The number of ether oxygens (including phenoxy) is 2. The van der Waals surface area contributed by atoms with Crippen LogP contribution in [0.3, 0.4) is 0 Å². The van der Waals surface area contributed by atoms with E-state index < -0.39 is 0 Å². The van der Waals surface area contributed by atoms with Gasteiger partial charge in [0.15, 0.2) is 16.6 Å². The van der Waals surface area contributed by atoms with Crippen molar-refractivity contribution < 1.29 is 9.47 Å². The average molecular weight is 483 g/mol. The summed E-state index contributed by atoms with van der Waals surface area (Å²) in [5, 5.41) is 7.00. The van der Waals surface area contributed by atoms with Crippen LogP contribution >= 0.6 is 12.2 Å². The SMILES string of the molecule is CC1CCN(c2cc(N3CCCC[C@@H]3C)nc(NC(=S)NCc3ccc4c(c3)OCO4)n2)CC1. The van der Waals surface area contributed by atoms with Crippen LogP contribution in [0.2, 0.25) is 0 Å².